The summed E-state index contributed by atoms with van der Waals surface area (Å²) in [5.74, 6) is 0.178. The van der Waals surface area contributed by atoms with Crippen molar-refractivity contribution in [3.8, 4) is 0 Å². The maximum Gasteiger partial charge on any atom is 0.272 e. The maximum atomic E-state index is 13.0. The number of amides is 2. The number of aromatic nitrogens is 2. The van der Waals surface area contributed by atoms with E-state index in [9.17, 15) is 9.59 Å². The predicted octanol–water partition coefficient (Wildman–Crippen LogP) is 1.10. The highest BCUT2D eigenvalue weighted by atomic mass is 16.2. The van der Waals surface area contributed by atoms with Gasteiger partial charge in [0, 0.05) is 49.9 Å². The molecule has 0 N–H and O–H groups in total. The number of nitrogens with zero attached hydrogens (tertiary/aromatic N) is 5. The first-order chi connectivity index (χ1) is 12.5. The normalized spacial score (nSPS) is 22.4. The molecule has 3 aliphatic rings. The Balaban J connectivity index is 1.46. The largest absolute Gasteiger partial charge is 0.336 e. The maximum absolute atomic E-state index is 13.0. The van der Waals surface area contributed by atoms with Crippen LogP contribution in [0.4, 0.5) is 0 Å². The van der Waals surface area contributed by atoms with Crippen molar-refractivity contribution in [2.75, 3.05) is 33.7 Å². The summed E-state index contributed by atoms with van der Waals surface area (Å²) in [5.41, 5.74) is 1.44. The fourth-order valence-corrected chi connectivity index (χ4v) is 4.05. The van der Waals surface area contributed by atoms with Gasteiger partial charge in [-0.05, 0) is 45.1 Å². The van der Waals surface area contributed by atoms with Gasteiger partial charge in [0.1, 0.15) is 5.69 Å². The minimum absolute atomic E-state index is 0.0243. The second-order valence-corrected chi connectivity index (χ2v) is 7.56. The number of hydrogen-bond donors (Lipinski definition) is 0. The molecule has 5 heterocycles. The summed E-state index contributed by atoms with van der Waals surface area (Å²) in [6.07, 6.45) is 6.07. The first kappa shape index (κ1) is 17.0. The number of carbonyl (C=O) groups excluding carboxylic acids is 2. The summed E-state index contributed by atoms with van der Waals surface area (Å²) in [7, 11) is 3.95. The Hall–Kier alpha value is -2.41. The van der Waals surface area contributed by atoms with E-state index in [1.807, 2.05) is 57.6 Å². The standard InChI is InChI=1S/C19H25N5O2/c1-21(2)9-7-18(25)23-11-16-6-5-15(23)12-24(16)19(26)17-10-14-4-3-8-22(14)13-20-17/h3-4,8,10,13,15-16H,5-7,9,11-12H2,1-2H3. The molecule has 2 amide bonds. The molecule has 0 aromatic carbocycles. The molecule has 138 valence electrons. The van der Waals surface area contributed by atoms with E-state index in [1.54, 1.807) is 6.33 Å². The SMILES string of the molecule is CN(C)CCC(=O)N1CC2CCC1CN2C(=O)c1cc2cccn2cn1. The zero-order valence-corrected chi connectivity index (χ0v) is 15.3. The highest BCUT2D eigenvalue weighted by Gasteiger charge is 2.43. The first-order valence-electron chi connectivity index (χ1n) is 9.21. The molecular weight excluding hydrogens is 330 g/mol. The molecule has 7 nitrogen and oxygen atoms in total. The average molecular weight is 355 g/mol. The summed E-state index contributed by atoms with van der Waals surface area (Å²) < 4.78 is 1.89. The average Bonchev–Trinajstić information content (AvgIpc) is 3.13. The van der Waals surface area contributed by atoms with Gasteiger partial charge >= 0.3 is 0 Å². The van der Waals surface area contributed by atoms with Crippen LogP contribution in [0.2, 0.25) is 0 Å². The molecule has 2 bridgehead atoms. The summed E-state index contributed by atoms with van der Waals surface area (Å²) in [4.78, 5) is 35.8. The molecule has 3 aliphatic heterocycles. The van der Waals surface area contributed by atoms with E-state index in [4.69, 9.17) is 0 Å². The van der Waals surface area contributed by atoms with Crippen LogP contribution in [0.25, 0.3) is 5.52 Å². The van der Waals surface area contributed by atoms with Crippen LogP contribution in [0.5, 0.6) is 0 Å². The van der Waals surface area contributed by atoms with Crippen LogP contribution in [0, 0.1) is 0 Å². The minimum atomic E-state index is -0.0243. The summed E-state index contributed by atoms with van der Waals surface area (Å²) in [6, 6.07) is 5.97. The van der Waals surface area contributed by atoms with Crippen molar-refractivity contribution in [3.05, 3.63) is 36.4 Å². The van der Waals surface area contributed by atoms with Crippen LogP contribution < -0.4 is 0 Å². The van der Waals surface area contributed by atoms with Gasteiger partial charge in [-0.2, -0.15) is 0 Å². The van der Waals surface area contributed by atoms with Gasteiger partial charge in [-0.1, -0.05) is 0 Å². The third-order valence-electron chi connectivity index (χ3n) is 5.52. The van der Waals surface area contributed by atoms with E-state index in [0.717, 1.165) is 24.9 Å². The highest BCUT2D eigenvalue weighted by Crippen LogP contribution is 2.30. The molecule has 0 spiro atoms. The zero-order chi connectivity index (χ0) is 18.3. The van der Waals surface area contributed by atoms with E-state index in [0.29, 0.717) is 25.2 Å². The van der Waals surface area contributed by atoms with Gasteiger partial charge in [-0.15, -0.1) is 0 Å². The van der Waals surface area contributed by atoms with Gasteiger partial charge in [-0.25, -0.2) is 4.98 Å². The molecule has 3 saturated heterocycles. The summed E-state index contributed by atoms with van der Waals surface area (Å²) in [6.45, 7) is 2.03. The van der Waals surface area contributed by atoms with Crippen LogP contribution in [0.15, 0.2) is 30.7 Å². The second kappa shape index (κ2) is 6.72. The van der Waals surface area contributed by atoms with Crippen molar-refractivity contribution in [2.45, 2.75) is 31.3 Å². The van der Waals surface area contributed by atoms with Gasteiger partial charge in [0.2, 0.25) is 5.91 Å². The van der Waals surface area contributed by atoms with Crippen LogP contribution in [0.1, 0.15) is 29.8 Å². The number of piperidine rings is 2. The van der Waals surface area contributed by atoms with Gasteiger partial charge in [-0.3, -0.25) is 9.59 Å². The lowest BCUT2D eigenvalue weighted by atomic mass is 9.90. The van der Waals surface area contributed by atoms with Gasteiger partial charge in [0.25, 0.3) is 5.91 Å². The molecule has 3 fully saturated rings. The topological polar surface area (TPSA) is 61.2 Å². The van der Waals surface area contributed by atoms with Crippen molar-refractivity contribution in [1.29, 1.82) is 0 Å². The summed E-state index contributed by atoms with van der Waals surface area (Å²) in [5, 5.41) is 0. The Morgan fingerprint density at radius 1 is 1.19 bits per heavy atom. The molecule has 2 aromatic heterocycles. The second-order valence-electron chi connectivity index (χ2n) is 7.56. The van der Waals surface area contributed by atoms with Crippen LogP contribution in [-0.2, 0) is 4.79 Å². The number of rotatable bonds is 4. The van der Waals surface area contributed by atoms with Gasteiger partial charge < -0.3 is 19.1 Å². The highest BCUT2D eigenvalue weighted by molar-refractivity contribution is 5.94. The van der Waals surface area contributed by atoms with Gasteiger partial charge in [0.15, 0.2) is 0 Å². The lowest BCUT2D eigenvalue weighted by Crippen LogP contribution is -2.65. The molecule has 0 radical (unpaired) electrons. The van der Waals surface area contributed by atoms with Crippen molar-refractivity contribution in [3.63, 3.8) is 0 Å². The lowest BCUT2D eigenvalue weighted by Gasteiger charge is -2.51. The van der Waals surface area contributed by atoms with Crippen molar-refractivity contribution in [2.24, 2.45) is 0 Å². The monoisotopic (exact) mass is 355 g/mol. The Bertz CT molecular complexity index is 830. The molecule has 5 rings (SSSR count). The van der Waals surface area contributed by atoms with Crippen LogP contribution in [0.3, 0.4) is 0 Å². The van der Waals surface area contributed by atoms with Crippen molar-refractivity contribution >= 4 is 17.3 Å². The van der Waals surface area contributed by atoms with Crippen molar-refractivity contribution < 1.29 is 9.59 Å². The lowest BCUT2D eigenvalue weighted by molar-refractivity contribution is -0.140. The smallest absolute Gasteiger partial charge is 0.272 e. The van der Waals surface area contributed by atoms with E-state index >= 15 is 0 Å². The molecule has 2 atom stereocenters. The molecule has 2 unspecified atom stereocenters. The van der Waals surface area contributed by atoms with E-state index < -0.39 is 0 Å². The van der Waals surface area contributed by atoms with E-state index in [-0.39, 0.29) is 23.9 Å². The third kappa shape index (κ3) is 3.07. The Morgan fingerprint density at radius 2 is 1.92 bits per heavy atom. The third-order valence-corrected chi connectivity index (χ3v) is 5.52. The fourth-order valence-electron chi connectivity index (χ4n) is 4.05. The Kier molecular flexibility index (Phi) is 4.40. The quantitative estimate of drug-likeness (QED) is 0.824. The van der Waals surface area contributed by atoms with E-state index in [1.165, 1.54) is 0 Å². The number of piperazine rings is 1. The molecule has 7 heteroatoms. The molecule has 0 saturated carbocycles. The van der Waals surface area contributed by atoms with E-state index in [2.05, 4.69) is 4.98 Å². The zero-order valence-electron chi connectivity index (χ0n) is 15.3. The van der Waals surface area contributed by atoms with Crippen LogP contribution >= 0.6 is 0 Å². The summed E-state index contributed by atoms with van der Waals surface area (Å²) >= 11 is 0. The van der Waals surface area contributed by atoms with Crippen molar-refractivity contribution in [1.82, 2.24) is 24.1 Å². The molecule has 0 aliphatic carbocycles. The number of hydrogen-bond acceptors (Lipinski definition) is 4. The van der Waals surface area contributed by atoms with Crippen LogP contribution in [-0.4, -0.2) is 81.7 Å². The predicted molar refractivity (Wildman–Crippen MR) is 97.9 cm³/mol. The number of fused-ring (bicyclic) bond motifs is 4. The fraction of sp³-hybridized carbons (Fsp3) is 0.526. The van der Waals surface area contributed by atoms with Gasteiger partial charge in [0.05, 0.1) is 6.33 Å². The molecular formula is C19H25N5O2. The minimum Gasteiger partial charge on any atom is -0.336 e. The number of carbonyl (C=O) groups is 2. The Labute approximate surface area is 153 Å². The molecule has 2 aromatic rings. The molecule has 26 heavy (non-hydrogen) atoms. The Morgan fingerprint density at radius 3 is 2.62 bits per heavy atom. The first-order valence-corrected chi connectivity index (χ1v) is 9.21.